The van der Waals surface area contributed by atoms with Gasteiger partial charge in [-0.2, -0.15) is 0 Å². The summed E-state index contributed by atoms with van der Waals surface area (Å²) in [5.74, 6) is 0.0229. The first-order chi connectivity index (χ1) is 11.6. The Kier molecular flexibility index (Phi) is 5.00. The van der Waals surface area contributed by atoms with Gasteiger partial charge in [0.2, 0.25) is 0 Å². The number of likely N-dealkylation sites (tertiary alicyclic amines) is 1. The van der Waals surface area contributed by atoms with E-state index in [-0.39, 0.29) is 12.0 Å². The fraction of sp³-hybridized carbons (Fsp3) is 0.474. The third-order valence-corrected chi connectivity index (χ3v) is 4.89. The van der Waals surface area contributed by atoms with E-state index >= 15 is 0 Å². The van der Waals surface area contributed by atoms with Gasteiger partial charge in [0.1, 0.15) is 0 Å². The molecular weight excluding hydrogens is 302 g/mol. The minimum atomic E-state index is 0.0229. The van der Waals surface area contributed by atoms with Gasteiger partial charge in [-0.15, -0.1) is 0 Å². The van der Waals surface area contributed by atoms with E-state index in [1.54, 1.807) is 12.0 Å². The fourth-order valence-corrected chi connectivity index (χ4v) is 3.28. The molecule has 0 saturated carbocycles. The van der Waals surface area contributed by atoms with Gasteiger partial charge in [-0.3, -0.25) is 10.2 Å². The van der Waals surface area contributed by atoms with Crippen molar-refractivity contribution in [1.29, 1.82) is 5.41 Å². The SMILES string of the molecule is CNc1cc(C(=O)N2CC(OC)C2)ccc1C(=N)C1=CCCCC1. The molecule has 0 radical (unpaired) electrons. The van der Waals surface area contributed by atoms with Crippen LogP contribution in [0, 0.1) is 5.41 Å². The third kappa shape index (κ3) is 3.22. The molecule has 0 bridgehead atoms. The third-order valence-electron chi connectivity index (χ3n) is 4.89. The van der Waals surface area contributed by atoms with E-state index in [1.807, 2.05) is 25.2 Å². The molecule has 1 aliphatic carbocycles. The molecule has 5 heteroatoms. The smallest absolute Gasteiger partial charge is 0.254 e. The summed E-state index contributed by atoms with van der Waals surface area (Å²) in [7, 11) is 3.51. The van der Waals surface area contributed by atoms with Gasteiger partial charge in [0.15, 0.2) is 0 Å². The summed E-state index contributed by atoms with van der Waals surface area (Å²) in [4.78, 5) is 14.3. The van der Waals surface area contributed by atoms with E-state index in [0.717, 1.165) is 36.1 Å². The Morgan fingerprint density at radius 2 is 2.12 bits per heavy atom. The highest BCUT2D eigenvalue weighted by molar-refractivity contribution is 6.14. The molecule has 0 unspecified atom stereocenters. The van der Waals surface area contributed by atoms with Crippen molar-refractivity contribution < 1.29 is 9.53 Å². The molecule has 1 saturated heterocycles. The van der Waals surface area contributed by atoms with Crippen molar-refractivity contribution in [2.45, 2.75) is 31.8 Å². The summed E-state index contributed by atoms with van der Waals surface area (Å²) in [5.41, 5.74) is 4.04. The Labute approximate surface area is 143 Å². The maximum atomic E-state index is 12.5. The number of hydrogen-bond donors (Lipinski definition) is 2. The van der Waals surface area contributed by atoms with Gasteiger partial charge in [-0.1, -0.05) is 6.08 Å². The number of ether oxygens (including phenoxy) is 1. The topological polar surface area (TPSA) is 65.4 Å². The van der Waals surface area contributed by atoms with Crippen LogP contribution in [0.25, 0.3) is 0 Å². The van der Waals surface area contributed by atoms with Crippen molar-refractivity contribution in [3.8, 4) is 0 Å². The van der Waals surface area contributed by atoms with Crippen molar-refractivity contribution in [2.75, 3.05) is 32.6 Å². The summed E-state index contributed by atoms with van der Waals surface area (Å²) < 4.78 is 5.22. The molecule has 0 atom stereocenters. The maximum Gasteiger partial charge on any atom is 0.254 e. The van der Waals surface area contributed by atoms with Crippen LogP contribution in [0.15, 0.2) is 29.8 Å². The summed E-state index contributed by atoms with van der Waals surface area (Å²) in [6.07, 6.45) is 6.71. The molecule has 1 aromatic carbocycles. The van der Waals surface area contributed by atoms with E-state index < -0.39 is 0 Å². The van der Waals surface area contributed by atoms with E-state index in [2.05, 4.69) is 11.4 Å². The lowest BCUT2D eigenvalue weighted by Gasteiger charge is -2.38. The molecule has 3 rings (SSSR count). The highest BCUT2D eigenvalue weighted by Gasteiger charge is 2.31. The van der Waals surface area contributed by atoms with Gasteiger partial charge in [-0.05, 0) is 49.5 Å². The van der Waals surface area contributed by atoms with Gasteiger partial charge in [0.05, 0.1) is 11.8 Å². The van der Waals surface area contributed by atoms with Crippen molar-refractivity contribution in [3.63, 3.8) is 0 Å². The quantitative estimate of drug-likeness (QED) is 0.817. The molecule has 1 aromatic rings. The van der Waals surface area contributed by atoms with Crippen LogP contribution in [0.1, 0.15) is 41.6 Å². The lowest BCUT2D eigenvalue weighted by molar-refractivity contribution is -0.0191. The minimum Gasteiger partial charge on any atom is -0.388 e. The van der Waals surface area contributed by atoms with Crippen molar-refractivity contribution in [2.24, 2.45) is 0 Å². The first-order valence-electron chi connectivity index (χ1n) is 8.56. The first-order valence-corrected chi connectivity index (χ1v) is 8.56. The Balaban J connectivity index is 1.79. The second-order valence-corrected chi connectivity index (χ2v) is 6.43. The Morgan fingerprint density at radius 3 is 2.75 bits per heavy atom. The molecule has 2 N–H and O–H groups in total. The van der Waals surface area contributed by atoms with Crippen LogP contribution < -0.4 is 5.32 Å². The number of hydrogen-bond acceptors (Lipinski definition) is 4. The van der Waals surface area contributed by atoms with Crippen LogP contribution in [0.3, 0.4) is 0 Å². The van der Waals surface area contributed by atoms with Crippen molar-refractivity contribution in [3.05, 3.63) is 41.0 Å². The predicted octanol–water partition coefficient (Wildman–Crippen LogP) is 3.07. The zero-order chi connectivity index (χ0) is 17.1. The summed E-state index contributed by atoms with van der Waals surface area (Å²) in [6, 6.07) is 5.58. The number of nitrogens with one attached hydrogen (secondary N) is 2. The molecule has 1 amide bonds. The molecule has 1 heterocycles. The van der Waals surface area contributed by atoms with Crippen molar-refractivity contribution in [1.82, 2.24) is 4.90 Å². The standard InChI is InChI=1S/C19H25N3O2/c1-21-17-10-14(19(23)22-11-15(12-22)24-2)8-9-16(17)18(20)13-6-4-3-5-7-13/h6,8-10,15,20-21H,3-5,7,11-12H2,1-2H3. The number of amides is 1. The van der Waals surface area contributed by atoms with E-state index in [1.165, 1.54) is 6.42 Å². The summed E-state index contributed by atoms with van der Waals surface area (Å²) in [5, 5.41) is 11.7. The average Bonchev–Trinajstić information content (AvgIpc) is 2.60. The van der Waals surface area contributed by atoms with Gasteiger partial charge >= 0.3 is 0 Å². The molecular formula is C19H25N3O2. The Hall–Kier alpha value is -2.14. The van der Waals surface area contributed by atoms with E-state index in [4.69, 9.17) is 10.1 Å². The first kappa shape index (κ1) is 16.7. The molecule has 1 fully saturated rings. The normalized spacial score (nSPS) is 17.9. The lowest BCUT2D eigenvalue weighted by atomic mass is 9.91. The second kappa shape index (κ2) is 7.18. The van der Waals surface area contributed by atoms with Crippen LogP contribution in [0.2, 0.25) is 0 Å². The van der Waals surface area contributed by atoms with Crippen LogP contribution in [0.4, 0.5) is 5.69 Å². The molecule has 0 aromatic heterocycles. The number of carbonyl (C=O) groups is 1. The molecule has 0 spiro atoms. The average molecular weight is 327 g/mol. The van der Waals surface area contributed by atoms with Crippen LogP contribution >= 0.6 is 0 Å². The number of benzene rings is 1. The minimum absolute atomic E-state index is 0.0229. The fourth-order valence-electron chi connectivity index (χ4n) is 3.28. The predicted molar refractivity (Wildman–Crippen MR) is 96.1 cm³/mol. The molecule has 1 aliphatic heterocycles. The molecule has 2 aliphatic rings. The summed E-state index contributed by atoms with van der Waals surface area (Å²) in [6.45, 7) is 1.29. The number of anilines is 1. The van der Waals surface area contributed by atoms with Gasteiger partial charge in [-0.25, -0.2) is 0 Å². The van der Waals surface area contributed by atoms with Gasteiger partial charge in [0.25, 0.3) is 5.91 Å². The highest BCUT2D eigenvalue weighted by Crippen LogP contribution is 2.27. The van der Waals surface area contributed by atoms with Gasteiger partial charge in [0, 0.05) is 44.1 Å². The number of rotatable bonds is 5. The molecule has 24 heavy (non-hydrogen) atoms. The number of methoxy groups -OCH3 is 1. The van der Waals surface area contributed by atoms with Crippen molar-refractivity contribution >= 4 is 17.3 Å². The van der Waals surface area contributed by atoms with E-state index in [9.17, 15) is 4.79 Å². The zero-order valence-corrected chi connectivity index (χ0v) is 14.4. The Bertz CT molecular complexity index is 675. The van der Waals surface area contributed by atoms with Crippen LogP contribution in [0.5, 0.6) is 0 Å². The zero-order valence-electron chi connectivity index (χ0n) is 14.4. The number of allylic oxidation sites excluding steroid dienone is 2. The maximum absolute atomic E-state index is 12.5. The highest BCUT2D eigenvalue weighted by atomic mass is 16.5. The van der Waals surface area contributed by atoms with Crippen LogP contribution in [-0.2, 0) is 4.74 Å². The monoisotopic (exact) mass is 327 g/mol. The molecule has 5 nitrogen and oxygen atoms in total. The largest absolute Gasteiger partial charge is 0.388 e. The number of carbonyl (C=O) groups excluding carboxylic acids is 1. The summed E-state index contributed by atoms with van der Waals surface area (Å²) >= 11 is 0. The number of nitrogens with zero attached hydrogens (tertiary/aromatic N) is 1. The van der Waals surface area contributed by atoms with Gasteiger partial charge < -0.3 is 15.0 Å². The van der Waals surface area contributed by atoms with E-state index in [0.29, 0.717) is 24.4 Å². The lowest BCUT2D eigenvalue weighted by Crippen LogP contribution is -2.54. The second-order valence-electron chi connectivity index (χ2n) is 6.43. The Morgan fingerprint density at radius 1 is 1.33 bits per heavy atom. The van der Waals surface area contributed by atoms with Crippen LogP contribution in [-0.4, -0.2) is 49.9 Å². The molecule has 128 valence electrons.